The van der Waals surface area contributed by atoms with Crippen LogP contribution in [0.3, 0.4) is 0 Å². The van der Waals surface area contributed by atoms with Crippen molar-refractivity contribution >= 4 is 27.7 Å². The van der Waals surface area contributed by atoms with Gasteiger partial charge in [0.2, 0.25) is 0 Å². The van der Waals surface area contributed by atoms with Crippen LogP contribution in [0.5, 0.6) is 0 Å². The highest BCUT2D eigenvalue weighted by atomic mass is 79.9. The largest absolute Gasteiger partial charge is 0.329 e. The van der Waals surface area contributed by atoms with Gasteiger partial charge in [-0.05, 0) is 40.5 Å². The molecule has 0 fully saturated rings. The normalized spacial score (nSPS) is 12.4. The number of hydrogen-bond donors (Lipinski definition) is 1. The molecule has 3 heteroatoms. The Kier molecular flexibility index (Phi) is 4.87. The molecule has 94 valence electrons. The summed E-state index contributed by atoms with van der Waals surface area (Å²) in [5.74, 6) is 0. The summed E-state index contributed by atoms with van der Waals surface area (Å²) < 4.78 is 1.13. The Labute approximate surface area is 121 Å². The molecule has 0 bridgehead atoms. The van der Waals surface area contributed by atoms with Crippen molar-refractivity contribution in [2.45, 2.75) is 17.1 Å². The number of thioether (sulfide) groups is 1. The zero-order valence-electron chi connectivity index (χ0n) is 10.3. The molecule has 2 aromatic rings. The topological polar surface area (TPSA) is 26.0 Å². The van der Waals surface area contributed by atoms with E-state index in [-0.39, 0.29) is 0 Å². The van der Waals surface area contributed by atoms with Gasteiger partial charge in [-0.1, -0.05) is 42.0 Å². The van der Waals surface area contributed by atoms with Gasteiger partial charge in [0.1, 0.15) is 0 Å². The number of aryl methyl sites for hydroxylation is 1. The minimum absolute atomic E-state index is 0.295. The van der Waals surface area contributed by atoms with Crippen molar-refractivity contribution in [1.29, 1.82) is 0 Å². The summed E-state index contributed by atoms with van der Waals surface area (Å²) >= 11 is 5.38. The van der Waals surface area contributed by atoms with Gasteiger partial charge in [0.15, 0.2) is 0 Å². The minimum Gasteiger partial charge on any atom is -0.329 e. The molecule has 0 heterocycles. The van der Waals surface area contributed by atoms with Crippen LogP contribution in [-0.2, 0) is 0 Å². The van der Waals surface area contributed by atoms with E-state index in [0.29, 0.717) is 11.8 Å². The SMILES string of the molecule is Cc1cccc(C(CN)Sc2ccccc2Br)c1. The lowest BCUT2D eigenvalue weighted by Crippen LogP contribution is -2.09. The molecule has 1 unspecified atom stereocenters. The van der Waals surface area contributed by atoms with Gasteiger partial charge in [0.25, 0.3) is 0 Å². The van der Waals surface area contributed by atoms with Crippen LogP contribution in [0.1, 0.15) is 16.4 Å². The lowest BCUT2D eigenvalue weighted by molar-refractivity contribution is 0.938. The zero-order chi connectivity index (χ0) is 13.0. The second kappa shape index (κ2) is 6.41. The molecule has 0 aliphatic rings. The van der Waals surface area contributed by atoms with Gasteiger partial charge in [0.05, 0.1) is 0 Å². The maximum absolute atomic E-state index is 5.92. The molecule has 0 radical (unpaired) electrons. The number of nitrogens with two attached hydrogens (primary N) is 1. The number of halogens is 1. The van der Waals surface area contributed by atoms with E-state index < -0.39 is 0 Å². The predicted molar refractivity (Wildman–Crippen MR) is 83.0 cm³/mol. The molecule has 2 N–H and O–H groups in total. The average Bonchev–Trinajstić information content (AvgIpc) is 2.38. The molecule has 18 heavy (non-hydrogen) atoms. The quantitative estimate of drug-likeness (QED) is 0.836. The van der Waals surface area contributed by atoms with Crippen LogP contribution in [0.15, 0.2) is 57.9 Å². The Morgan fingerprint density at radius 1 is 1.17 bits per heavy atom. The van der Waals surface area contributed by atoms with E-state index in [9.17, 15) is 0 Å². The fourth-order valence-corrected chi connectivity index (χ4v) is 3.40. The van der Waals surface area contributed by atoms with Gasteiger partial charge in [0, 0.05) is 21.2 Å². The molecule has 0 aliphatic carbocycles. The summed E-state index contributed by atoms with van der Waals surface area (Å²) in [6.45, 7) is 2.75. The lowest BCUT2D eigenvalue weighted by atomic mass is 10.1. The molecule has 2 aromatic carbocycles. The van der Waals surface area contributed by atoms with Crippen molar-refractivity contribution in [3.8, 4) is 0 Å². The van der Waals surface area contributed by atoms with Crippen LogP contribution in [0.4, 0.5) is 0 Å². The van der Waals surface area contributed by atoms with Gasteiger partial charge in [-0.15, -0.1) is 11.8 Å². The summed E-state index contributed by atoms with van der Waals surface area (Å²) in [4.78, 5) is 1.23. The van der Waals surface area contributed by atoms with Crippen LogP contribution >= 0.6 is 27.7 Å². The van der Waals surface area contributed by atoms with Crippen LogP contribution in [0.2, 0.25) is 0 Å². The highest BCUT2D eigenvalue weighted by Crippen LogP contribution is 2.38. The fourth-order valence-electron chi connectivity index (χ4n) is 1.82. The Bertz CT molecular complexity index is 527. The molecule has 0 aliphatic heterocycles. The monoisotopic (exact) mass is 321 g/mol. The Morgan fingerprint density at radius 2 is 1.94 bits per heavy atom. The van der Waals surface area contributed by atoms with Gasteiger partial charge >= 0.3 is 0 Å². The van der Waals surface area contributed by atoms with Crippen molar-refractivity contribution in [3.63, 3.8) is 0 Å². The maximum atomic E-state index is 5.92. The van der Waals surface area contributed by atoms with E-state index in [1.54, 1.807) is 11.8 Å². The highest BCUT2D eigenvalue weighted by Gasteiger charge is 2.12. The van der Waals surface area contributed by atoms with Crippen molar-refractivity contribution in [3.05, 3.63) is 64.1 Å². The zero-order valence-corrected chi connectivity index (χ0v) is 12.7. The molecule has 0 saturated carbocycles. The van der Waals surface area contributed by atoms with Crippen molar-refractivity contribution in [1.82, 2.24) is 0 Å². The minimum atomic E-state index is 0.295. The van der Waals surface area contributed by atoms with Gasteiger partial charge < -0.3 is 5.73 Å². The average molecular weight is 322 g/mol. The molecule has 0 spiro atoms. The third kappa shape index (κ3) is 3.37. The Balaban J connectivity index is 2.23. The summed E-state index contributed by atoms with van der Waals surface area (Å²) in [5, 5.41) is 0.295. The van der Waals surface area contributed by atoms with E-state index in [1.165, 1.54) is 16.0 Å². The summed E-state index contributed by atoms with van der Waals surface area (Å²) in [7, 11) is 0. The highest BCUT2D eigenvalue weighted by molar-refractivity contribution is 9.10. The van der Waals surface area contributed by atoms with Crippen molar-refractivity contribution in [2.75, 3.05) is 6.54 Å². The first-order valence-corrected chi connectivity index (χ1v) is 7.56. The van der Waals surface area contributed by atoms with Crippen molar-refractivity contribution in [2.24, 2.45) is 5.73 Å². The van der Waals surface area contributed by atoms with E-state index in [4.69, 9.17) is 5.73 Å². The van der Waals surface area contributed by atoms with Crippen molar-refractivity contribution < 1.29 is 0 Å². The first-order valence-electron chi connectivity index (χ1n) is 5.88. The van der Waals surface area contributed by atoms with Crippen LogP contribution in [-0.4, -0.2) is 6.54 Å². The third-order valence-electron chi connectivity index (χ3n) is 2.73. The van der Waals surface area contributed by atoms with Gasteiger partial charge in [-0.3, -0.25) is 0 Å². The first kappa shape index (κ1) is 13.7. The number of rotatable bonds is 4. The molecule has 0 amide bonds. The molecule has 0 aromatic heterocycles. The summed E-state index contributed by atoms with van der Waals surface area (Å²) in [5.41, 5.74) is 8.48. The number of benzene rings is 2. The molecule has 2 rings (SSSR count). The van der Waals surface area contributed by atoms with Gasteiger partial charge in [-0.25, -0.2) is 0 Å². The van der Waals surface area contributed by atoms with Crippen LogP contribution < -0.4 is 5.73 Å². The Hall–Kier alpha value is -0.770. The van der Waals surface area contributed by atoms with E-state index >= 15 is 0 Å². The second-order valence-electron chi connectivity index (χ2n) is 4.19. The van der Waals surface area contributed by atoms with E-state index in [0.717, 1.165) is 4.47 Å². The fraction of sp³-hybridized carbons (Fsp3) is 0.200. The van der Waals surface area contributed by atoms with Gasteiger partial charge in [-0.2, -0.15) is 0 Å². The molecule has 0 saturated heterocycles. The summed E-state index contributed by atoms with van der Waals surface area (Å²) in [6.07, 6.45) is 0. The second-order valence-corrected chi connectivity index (χ2v) is 6.29. The van der Waals surface area contributed by atoms with E-state index in [2.05, 4.69) is 65.3 Å². The molecular formula is C15H16BrNS. The molecular weight excluding hydrogens is 306 g/mol. The maximum Gasteiger partial charge on any atom is 0.0467 e. The third-order valence-corrected chi connectivity index (χ3v) is 5.05. The van der Waals surface area contributed by atoms with Crippen LogP contribution in [0, 0.1) is 6.92 Å². The lowest BCUT2D eigenvalue weighted by Gasteiger charge is -2.16. The first-order chi connectivity index (χ1) is 8.70. The van der Waals surface area contributed by atoms with E-state index in [1.807, 2.05) is 6.07 Å². The standard InChI is InChI=1S/C15H16BrNS/c1-11-5-4-6-12(9-11)15(10-17)18-14-8-3-2-7-13(14)16/h2-9,15H,10,17H2,1H3. The Morgan fingerprint density at radius 3 is 2.61 bits per heavy atom. The predicted octanol–water partition coefficient (Wildman–Crippen LogP) is 4.55. The smallest absolute Gasteiger partial charge is 0.0467 e. The molecule has 1 nitrogen and oxygen atoms in total. The molecule has 1 atom stereocenters. The summed E-state index contributed by atoms with van der Waals surface area (Å²) in [6, 6.07) is 16.8. The van der Waals surface area contributed by atoms with Crippen LogP contribution in [0.25, 0.3) is 0 Å². The number of hydrogen-bond acceptors (Lipinski definition) is 2.